The summed E-state index contributed by atoms with van der Waals surface area (Å²) in [4.78, 5) is 0. The second-order valence-corrected chi connectivity index (χ2v) is 6.42. The zero-order chi connectivity index (χ0) is 13.9. The van der Waals surface area contributed by atoms with E-state index in [9.17, 15) is 0 Å². The molecule has 1 aromatic carbocycles. The molecule has 2 nitrogen and oxygen atoms in total. The molecule has 1 aliphatic rings. The molecule has 1 unspecified atom stereocenters. The van der Waals surface area contributed by atoms with Gasteiger partial charge in [0.2, 0.25) is 0 Å². The third-order valence-electron chi connectivity index (χ3n) is 4.57. The lowest BCUT2D eigenvalue weighted by atomic mass is 9.69. The molecule has 2 N–H and O–H groups in total. The maximum Gasteiger partial charge on any atom is 0.122 e. The van der Waals surface area contributed by atoms with E-state index in [-0.39, 0.29) is 11.5 Å². The van der Waals surface area contributed by atoms with E-state index in [1.807, 2.05) is 18.2 Å². The van der Waals surface area contributed by atoms with Crippen molar-refractivity contribution >= 4 is 11.6 Å². The number of benzene rings is 1. The summed E-state index contributed by atoms with van der Waals surface area (Å²) in [6.45, 7) is 2.33. The largest absolute Gasteiger partial charge is 0.496 e. The molecular formula is C16H24ClNO. The summed E-state index contributed by atoms with van der Waals surface area (Å²) in [6, 6.07) is 5.93. The van der Waals surface area contributed by atoms with E-state index in [1.165, 1.54) is 32.1 Å². The zero-order valence-corrected chi connectivity index (χ0v) is 12.7. The van der Waals surface area contributed by atoms with Crippen molar-refractivity contribution in [1.29, 1.82) is 0 Å². The first kappa shape index (κ1) is 14.7. The molecule has 19 heavy (non-hydrogen) atoms. The molecule has 3 heteroatoms. The van der Waals surface area contributed by atoms with Gasteiger partial charge in [-0.15, -0.1) is 0 Å². The van der Waals surface area contributed by atoms with Crippen LogP contribution in [0.25, 0.3) is 0 Å². The Morgan fingerprint density at radius 1 is 1.32 bits per heavy atom. The number of hydrogen-bond donors (Lipinski definition) is 1. The van der Waals surface area contributed by atoms with Crippen LogP contribution in [0.3, 0.4) is 0 Å². The van der Waals surface area contributed by atoms with Gasteiger partial charge in [-0.05, 0) is 48.4 Å². The predicted octanol–water partition coefficient (Wildman–Crippen LogP) is 4.19. The highest BCUT2D eigenvalue weighted by Crippen LogP contribution is 2.39. The molecule has 2 rings (SSSR count). The van der Waals surface area contributed by atoms with Gasteiger partial charge in [0.15, 0.2) is 0 Å². The van der Waals surface area contributed by atoms with E-state index in [0.29, 0.717) is 0 Å². The Kier molecular flexibility index (Phi) is 4.75. The van der Waals surface area contributed by atoms with Crippen LogP contribution in [0.1, 0.15) is 44.6 Å². The molecule has 1 saturated carbocycles. The van der Waals surface area contributed by atoms with E-state index in [4.69, 9.17) is 22.1 Å². The summed E-state index contributed by atoms with van der Waals surface area (Å²) in [7, 11) is 1.70. The minimum Gasteiger partial charge on any atom is -0.496 e. The van der Waals surface area contributed by atoms with Crippen LogP contribution in [0.4, 0.5) is 0 Å². The lowest BCUT2D eigenvalue weighted by Gasteiger charge is -2.39. The second kappa shape index (κ2) is 6.15. The molecule has 1 atom stereocenters. The number of hydrogen-bond acceptors (Lipinski definition) is 2. The smallest absolute Gasteiger partial charge is 0.122 e. The number of rotatable bonds is 4. The van der Waals surface area contributed by atoms with Crippen molar-refractivity contribution in [2.45, 2.75) is 51.5 Å². The lowest BCUT2D eigenvalue weighted by Crippen LogP contribution is -2.42. The lowest BCUT2D eigenvalue weighted by molar-refractivity contribution is 0.168. The Morgan fingerprint density at radius 3 is 2.63 bits per heavy atom. The van der Waals surface area contributed by atoms with Crippen molar-refractivity contribution < 1.29 is 4.74 Å². The number of nitrogens with two attached hydrogens (primary N) is 1. The Balaban J connectivity index is 2.13. The molecule has 1 aliphatic carbocycles. The van der Waals surface area contributed by atoms with Crippen LogP contribution < -0.4 is 10.5 Å². The van der Waals surface area contributed by atoms with E-state index in [2.05, 4.69) is 6.92 Å². The summed E-state index contributed by atoms with van der Waals surface area (Å²) in [5.74, 6) is 0.888. The number of halogens is 1. The molecule has 0 saturated heterocycles. The average molecular weight is 282 g/mol. The van der Waals surface area contributed by atoms with Crippen LogP contribution in [0, 0.1) is 5.41 Å². The minimum atomic E-state index is 0.167. The molecule has 0 aliphatic heterocycles. The number of methoxy groups -OCH3 is 1. The molecule has 1 fully saturated rings. The van der Waals surface area contributed by atoms with Crippen LogP contribution in [-0.4, -0.2) is 13.2 Å². The van der Waals surface area contributed by atoms with Gasteiger partial charge in [0.05, 0.1) is 7.11 Å². The first-order valence-electron chi connectivity index (χ1n) is 7.13. The molecule has 0 aromatic heterocycles. The standard InChI is InChI=1S/C16H24ClNO/c1-16(8-4-3-5-9-16)15(18)11-12-10-13(17)6-7-14(12)19-2/h6-7,10,15H,3-5,8-9,11,18H2,1-2H3. The van der Waals surface area contributed by atoms with Crippen molar-refractivity contribution in [3.63, 3.8) is 0 Å². The van der Waals surface area contributed by atoms with Gasteiger partial charge in [0.25, 0.3) is 0 Å². The van der Waals surface area contributed by atoms with Crippen molar-refractivity contribution in [3.8, 4) is 5.75 Å². The van der Waals surface area contributed by atoms with Crippen LogP contribution >= 0.6 is 11.6 Å². The normalized spacial score (nSPS) is 20.0. The quantitative estimate of drug-likeness (QED) is 0.898. The highest BCUT2D eigenvalue weighted by atomic mass is 35.5. The van der Waals surface area contributed by atoms with Gasteiger partial charge in [-0.25, -0.2) is 0 Å². The number of ether oxygens (including phenoxy) is 1. The van der Waals surface area contributed by atoms with Gasteiger partial charge in [-0.3, -0.25) is 0 Å². The monoisotopic (exact) mass is 281 g/mol. The maximum atomic E-state index is 6.49. The minimum absolute atomic E-state index is 0.167. The molecule has 0 radical (unpaired) electrons. The van der Waals surface area contributed by atoms with E-state index in [1.54, 1.807) is 7.11 Å². The Bertz CT molecular complexity index is 427. The highest BCUT2D eigenvalue weighted by molar-refractivity contribution is 6.30. The summed E-state index contributed by atoms with van der Waals surface area (Å²) in [5, 5.41) is 0.747. The molecule has 0 heterocycles. The van der Waals surface area contributed by atoms with Crippen molar-refractivity contribution in [2.24, 2.45) is 11.1 Å². The third-order valence-corrected chi connectivity index (χ3v) is 4.81. The van der Waals surface area contributed by atoms with Crippen molar-refractivity contribution in [3.05, 3.63) is 28.8 Å². The maximum absolute atomic E-state index is 6.49. The predicted molar refractivity (Wildman–Crippen MR) is 80.9 cm³/mol. The average Bonchev–Trinajstić information content (AvgIpc) is 2.40. The molecule has 0 spiro atoms. The second-order valence-electron chi connectivity index (χ2n) is 5.98. The first-order chi connectivity index (χ1) is 9.05. The van der Waals surface area contributed by atoms with E-state index < -0.39 is 0 Å². The summed E-state index contributed by atoms with van der Waals surface area (Å²) >= 11 is 6.08. The molecule has 0 bridgehead atoms. The Morgan fingerprint density at radius 2 is 2.00 bits per heavy atom. The molecular weight excluding hydrogens is 258 g/mol. The van der Waals surface area contributed by atoms with Gasteiger partial charge in [-0.1, -0.05) is 37.8 Å². The van der Waals surface area contributed by atoms with Gasteiger partial charge in [0, 0.05) is 11.1 Å². The first-order valence-corrected chi connectivity index (χ1v) is 7.51. The zero-order valence-electron chi connectivity index (χ0n) is 11.9. The van der Waals surface area contributed by atoms with Gasteiger partial charge in [-0.2, -0.15) is 0 Å². The van der Waals surface area contributed by atoms with E-state index >= 15 is 0 Å². The Labute approximate surface area is 121 Å². The van der Waals surface area contributed by atoms with Gasteiger partial charge < -0.3 is 10.5 Å². The molecule has 106 valence electrons. The molecule has 0 amide bonds. The fraction of sp³-hybridized carbons (Fsp3) is 0.625. The summed E-state index contributed by atoms with van der Waals surface area (Å²) < 4.78 is 5.41. The van der Waals surface area contributed by atoms with Crippen LogP contribution in [-0.2, 0) is 6.42 Å². The van der Waals surface area contributed by atoms with Crippen molar-refractivity contribution in [1.82, 2.24) is 0 Å². The highest BCUT2D eigenvalue weighted by Gasteiger charge is 2.33. The van der Waals surface area contributed by atoms with Gasteiger partial charge in [0.1, 0.15) is 5.75 Å². The van der Waals surface area contributed by atoms with E-state index in [0.717, 1.165) is 22.8 Å². The van der Waals surface area contributed by atoms with Gasteiger partial charge >= 0.3 is 0 Å². The summed E-state index contributed by atoms with van der Waals surface area (Å²) in [5.41, 5.74) is 7.86. The Hall–Kier alpha value is -0.730. The third kappa shape index (κ3) is 3.43. The van der Waals surface area contributed by atoms with Crippen LogP contribution in [0.2, 0.25) is 5.02 Å². The van der Waals surface area contributed by atoms with Crippen LogP contribution in [0.5, 0.6) is 5.75 Å². The molecule has 1 aromatic rings. The van der Waals surface area contributed by atoms with Crippen molar-refractivity contribution in [2.75, 3.05) is 7.11 Å². The van der Waals surface area contributed by atoms with Crippen LogP contribution in [0.15, 0.2) is 18.2 Å². The fourth-order valence-corrected chi connectivity index (χ4v) is 3.31. The topological polar surface area (TPSA) is 35.2 Å². The SMILES string of the molecule is COc1ccc(Cl)cc1CC(N)C1(C)CCCCC1. The fourth-order valence-electron chi connectivity index (χ4n) is 3.12. The summed E-state index contributed by atoms with van der Waals surface area (Å²) in [6.07, 6.45) is 7.25.